The van der Waals surface area contributed by atoms with Crippen LogP contribution in [0.25, 0.3) is 0 Å². The number of nitrogens with two attached hydrogens (primary N) is 1. The number of benzene rings is 2. The molecule has 0 saturated heterocycles. The molecule has 5 atom stereocenters. The highest BCUT2D eigenvalue weighted by Crippen LogP contribution is 2.30. The molecule has 1 aromatic heterocycles. The quantitative estimate of drug-likeness (QED) is 0.0942. The van der Waals surface area contributed by atoms with Crippen LogP contribution in [0.2, 0.25) is 0 Å². The predicted molar refractivity (Wildman–Crippen MR) is 198 cm³/mol. The Morgan fingerprint density at radius 3 is 2.22 bits per heavy atom. The van der Waals surface area contributed by atoms with Crippen LogP contribution in [-0.4, -0.2) is 57.0 Å². The van der Waals surface area contributed by atoms with Crippen molar-refractivity contribution in [1.82, 2.24) is 25.9 Å². The molecular formula is C40H58N6O4. The zero-order valence-corrected chi connectivity index (χ0v) is 30.1. The van der Waals surface area contributed by atoms with Crippen LogP contribution in [-0.2, 0) is 33.6 Å². The van der Waals surface area contributed by atoms with E-state index in [0.717, 1.165) is 43.2 Å². The number of carbonyl (C=O) groups excluding carboxylic acids is 3. The second-order valence-electron chi connectivity index (χ2n) is 14.5. The van der Waals surface area contributed by atoms with E-state index < -0.39 is 30.1 Å². The Morgan fingerprint density at radius 1 is 0.900 bits per heavy atom. The number of aliphatic hydroxyl groups is 1. The third kappa shape index (κ3) is 12.6. The number of imidazole rings is 1. The highest BCUT2D eigenvalue weighted by atomic mass is 16.3. The van der Waals surface area contributed by atoms with E-state index in [0.29, 0.717) is 48.4 Å². The van der Waals surface area contributed by atoms with Gasteiger partial charge in [0.15, 0.2) is 0 Å². The number of aliphatic hydroxyl groups excluding tert-OH is 1. The molecule has 0 unspecified atom stereocenters. The molecular weight excluding hydrogens is 628 g/mol. The number of hydrogen-bond acceptors (Lipinski definition) is 6. The van der Waals surface area contributed by atoms with Crippen LogP contribution in [0, 0.1) is 17.8 Å². The summed E-state index contributed by atoms with van der Waals surface area (Å²) in [5.41, 5.74) is 9.00. The van der Waals surface area contributed by atoms with Crippen LogP contribution >= 0.6 is 0 Å². The van der Waals surface area contributed by atoms with E-state index in [4.69, 9.17) is 5.73 Å². The van der Waals surface area contributed by atoms with Crippen molar-refractivity contribution in [2.45, 2.75) is 122 Å². The zero-order chi connectivity index (χ0) is 35.9. The summed E-state index contributed by atoms with van der Waals surface area (Å²) in [5, 5.41) is 20.7. The maximum Gasteiger partial charge on any atom is 0.243 e. The number of anilines is 1. The predicted octanol–water partition coefficient (Wildman–Crippen LogP) is 5.27. The van der Waals surface area contributed by atoms with Crippen LogP contribution in [0.5, 0.6) is 0 Å². The molecule has 10 heteroatoms. The standard InChI is InChI=1S/C40H58N6O4/c1-4-31(27(2)3)23-37(47)34(21-29-11-7-5-8-12-29)45-40(50)36(24-33-25-42-26-43-33)46-39(49)35(22-30-13-9-6-10-14-30)44-38(48)20-17-28-15-18-32(41)19-16-28/h6,9-10,13-16,18-19,25-27,29,31,34-37,47H,4-5,7-8,11-12,17,20-24,41H2,1-3H3,(H,42,43)(H,44,48)(H,45,50)(H,46,49)/t31-,34-,35-,36-,37-/m0/s1. The van der Waals surface area contributed by atoms with E-state index in [9.17, 15) is 19.5 Å². The number of hydrogen-bond donors (Lipinski definition) is 6. The molecule has 1 fully saturated rings. The van der Waals surface area contributed by atoms with Gasteiger partial charge < -0.3 is 31.8 Å². The van der Waals surface area contributed by atoms with Gasteiger partial charge >= 0.3 is 0 Å². The molecule has 272 valence electrons. The fraction of sp³-hybridized carbons (Fsp3) is 0.550. The van der Waals surface area contributed by atoms with Crippen LogP contribution in [0.1, 0.15) is 95.4 Å². The Hall–Kier alpha value is -4.18. The van der Waals surface area contributed by atoms with Crippen LogP contribution in [0.15, 0.2) is 67.1 Å². The van der Waals surface area contributed by atoms with Gasteiger partial charge in [0.25, 0.3) is 0 Å². The smallest absolute Gasteiger partial charge is 0.243 e. The lowest BCUT2D eigenvalue weighted by molar-refractivity contribution is -0.132. The number of aromatic nitrogens is 2. The molecule has 0 radical (unpaired) electrons. The van der Waals surface area contributed by atoms with Gasteiger partial charge in [-0.2, -0.15) is 0 Å². The van der Waals surface area contributed by atoms with Gasteiger partial charge in [0.1, 0.15) is 12.1 Å². The molecule has 1 aliphatic carbocycles. The van der Waals surface area contributed by atoms with Gasteiger partial charge in [-0.25, -0.2) is 4.98 Å². The minimum atomic E-state index is -0.957. The van der Waals surface area contributed by atoms with Crippen molar-refractivity contribution in [2.75, 3.05) is 5.73 Å². The Morgan fingerprint density at radius 2 is 1.58 bits per heavy atom. The number of aryl methyl sites for hydroxylation is 1. The Balaban J connectivity index is 1.51. The number of H-pyrrole nitrogens is 1. The first-order valence-electron chi connectivity index (χ1n) is 18.5. The van der Waals surface area contributed by atoms with E-state index in [1.807, 2.05) is 42.5 Å². The highest BCUT2D eigenvalue weighted by Gasteiger charge is 2.33. The van der Waals surface area contributed by atoms with Crippen molar-refractivity contribution in [2.24, 2.45) is 17.8 Å². The Labute approximate surface area is 297 Å². The van der Waals surface area contributed by atoms with Gasteiger partial charge in [0, 0.05) is 36.8 Å². The number of nitrogen functional groups attached to an aromatic ring is 1. The summed E-state index contributed by atoms with van der Waals surface area (Å²) in [4.78, 5) is 48.6. The first-order chi connectivity index (χ1) is 24.1. The summed E-state index contributed by atoms with van der Waals surface area (Å²) < 4.78 is 0. The van der Waals surface area contributed by atoms with Gasteiger partial charge in [0.05, 0.1) is 18.5 Å². The number of carbonyl (C=O) groups is 3. The molecule has 0 aliphatic heterocycles. The van der Waals surface area contributed by atoms with E-state index >= 15 is 0 Å². The number of rotatable bonds is 19. The number of nitrogens with zero attached hydrogens (tertiary/aromatic N) is 1. The summed E-state index contributed by atoms with van der Waals surface area (Å²) in [6.45, 7) is 6.49. The normalized spacial score (nSPS) is 16.6. The van der Waals surface area contributed by atoms with Crippen LogP contribution in [0.3, 0.4) is 0 Å². The molecule has 3 aromatic rings. The number of nitrogens with one attached hydrogen (secondary N) is 4. The molecule has 3 amide bonds. The molecule has 7 N–H and O–H groups in total. The molecule has 1 aliphatic rings. The summed E-state index contributed by atoms with van der Waals surface area (Å²) >= 11 is 0. The van der Waals surface area contributed by atoms with E-state index in [-0.39, 0.29) is 31.1 Å². The van der Waals surface area contributed by atoms with Crippen molar-refractivity contribution in [3.8, 4) is 0 Å². The molecule has 0 spiro atoms. The molecule has 10 nitrogen and oxygen atoms in total. The first kappa shape index (κ1) is 38.6. The van der Waals surface area contributed by atoms with Crippen molar-refractivity contribution < 1.29 is 19.5 Å². The Bertz CT molecular complexity index is 1440. The van der Waals surface area contributed by atoms with Gasteiger partial charge in [-0.1, -0.05) is 102 Å². The second-order valence-corrected chi connectivity index (χ2v) is 14.5. The fourth-order valence-electron chi connectivity index (χ4n) is 7.13. The topological polar surface area (TPSA) is 162 Å². The highest BCUT2D eigenvalue weighted by molar-refractivity contribution is 5.92. The fourth-order valence-corrected chi connectivity index (χ4v) is 7.13. The van der Waals surface area contributed by atoms with E-state index in [1.165, 1.54) is 12.7 Å². The van der Waals surface area contributed by atoms with Crippen molar-refractivity contribution in [1.29, 1.82) is 0 Å². The monoisotopic (exact) mass is 686 g/mol. The van der Waals surface area contributed by atoms with E-state index in [2.05, 4.69) is 46.7 Å². The minimum Gasteiger partial charge on any atom is -0.399 e. The Kier molecular flexibility index (Phi) is 15.3. The lowest BCUT2D eigenvalue weighted by atomic mass is 9.80. The largest absolute Gasteiger partial charge is 0.399 e. The summed E-state index contributed by atoms with van der Waals surface area (Å²) in [5.74, 6) is 0.0964. The van der Waals surface area contributed by atoms with Crippen LogP contribution in [0.4, 0.5) is 5.69 Å². The zero-order valence-electron chi connectivity index (χ0n) is 30.1. The molecule has 1 saturated carbocycles. The second kappa shape index (κ2) is 19.9. The number of amides is 3. The third-order valence-corrected chi connectivity index (χ3v) is 10.3. The van der Waals surface area contributed by atoms with Gasteiger partial charge in [-0.3, -0.25) is 14.4 Å². The third-order valence-electron chi connectivity index (χ3n) is 10.3. The van der Waals surface area contributed by atoms with Gasteiger partial charge in [-0.15, -0.1) is 0 Å². The first-order valence-corrected chi connectivity index (χ1v) is 18.5. The lowest BCUT2D eigenvalue weighted by Gasteiger charge is -2.33. The summed E-state index contributed by atoms with van der Waals surface area (Å²) in [6, 6.07) is 14.6. The van der Waals surface area contributed by atoms with Gasteiger partial charge in [0.2, 0.25) is 17.7 Å². The summed E-state index contributed by atoms with van der Waals surface area (Å²) in [6.07, 6.45) is 11.6. The molecule has 2 aromatic carbocycles. The SMILES string of the molecule is CC[C@@H](C[C@H](O)[C@H](CC1CCCCC1)NC(=O)[C@H](Cc1cnc[nH]1)NC(=O)[C@H](Cc1ccccc1)NC(=O)CCc1ccc(N)cc1)C(C)C. The number of aromatic amines is 1. The molecule has 1 heterocycles. The van der Waals surface area contributed by atoms with E-state index in [1.54, 1.807) is 18.3 Å². The average Bonchev–Trinajstić information content (AvgIpc) is 3.63. The van der Waals surface area contributed by atoms with Crippen molar-refractivity contribution in [3.63, 3.8) is 0 Å². The molecule has 0 bridgehead atoms. The van der Waals surface area contributed by atoms with Crippen molar-refractivity contribution >= 4 is 23.4 Å². The molecule has 50 heavy (non-hydrogen) atoms. The lowest BCUT2D eigenvalue weighted by Crippen LogP contribution is -2.57. The minimum absolute atomic E-state index is 0.177. The summed E-state index contributed by atoms with van der Waals surface area (Å²) in [7, 11) is 0. The van der Waals surface area contributed by atoms with Crippen LogP contribution < -0.4 is 21.7 Å². The molecule has 4 rings (SSSR count). The van der Waals surface area contributed by atoms with Crippen molar-refractivity contribution in [3.05, 3.63) is 83.9 Å². The maximum absolute atomic E-state index is 14.2. The maximum atomic E-state index is 14.2. The average molecular weight is 687 g/mol. The van der Waals surface area contributed by atoms with Gasteiger partial charge in [-0.05, 0) is 60.3 Å².